The molecular weight excluding hydrogens is 303 g/mol. The van der Waals surface area contributed by atoms with Gasteiger partial charge in [-0.2, -0.15) is 0 Å². The van der Waals surface area contributed by atoms with E-state index < -0.39 is 15.7 Å². The van der Waals surface area contributed by atoms with Gasteiger partial charge in [-0.25, -0.2) is 0 Å². The Morgan fingerprint density at radius 1 is 0.933 bits per heavy atom. The lowest BCUT2D eigenvalue weighted by molar-refractivity contribution is 0.104. The van der Waals surface area contributed by atoms with E-state index in [1.807, 2.05) is 0 Å². The van der Waals surface area contributed by atoms with Crippen LogP contribution in [0.4, 0.5) is 0 Å². The van der Waals surface area contributed by atoms with Gasteiger partial charge >= 0.3 is 0 Å². The summed E-state index contributed by atoms with van der Waals surface area (Å²) in [6, 6.07) is 0. The van der Waals surface area contributed by atoms with E-state index in [1.54, 1.807) is 0 Å². The van der Waals surface area contributed by atoms with Gasteiger partial charge in [-0.15, -0.1) is 24.0 Å². The molecule has 0 aliphatic rings. The van der Waals surface area contributed by atoms with Crippen molar-refractivity contribution < 1.29 is 14.4 Å². The van der Waals surface area contributed by atoms with E-state index in [4.69, 9.17) is 34.8 Å². The second kappa shape index (κ2) is 4.84. The third-order valence-corrected chi connectivity index (χ3v) is 3.63. The van der Waals surface area contributed by atoms with Crippen molar-refractivity contribution in [3.63, 3.8) is 0 Å². The molecule has 0 saturated carbocycles. The maximum absolute atomic E-state index is 11.0. The molecule has 0 N–H and O–H groups in total. The number of thiol groups is 1. The lowest BCUT2D eigenvalue weighted by atomic mass is 10.2. The average molecular weight is 304 g/mol. The predicted octanol–water partition coefficient (Wildman–Crippen LogP) is 3.17. The van der Waals surface area contributed by atoms with Gasteiger partial charge in [0.05, 0.1) is 15.3 Å². The zero-order valence-corrected chi connectivity index (χ0v) is 10.7. The lowest BCUT2D eigenvalue weighted by Gasteiger charge is -1.95. The van der Waals surface area contributed by atoms with Crippen LogP contribution in [-0.2, 0) is 0 Å². The fraction of sp³-hybridized carbons (Fsp3) is 0. The molecule has 0 atom stereocenters. The summed E-state index contributed by atoms with van der Waals surface area (Å²) in [5.74, 6) is 0. The summed E-state index contributed by atoms with van der Waals surface area (Å²) in [5, 5.41) is -2.77. The van der Waals surface area contributed by atoms with Crippen LogP contribution in [0.5, 0.6) is 0 Å². The topological polar surface area (TPSA) is 51.2 Å². The van der Waals surface area contributed by atoms with E-state index in [9.17, 15) is 14.4 Å². The van der Waals surface area contributed by atoms with Gasteiger partial charge in [-0.1, -0.05) is 0 Å². The SMILES string of the molecule is O=C(Cl)c1sc(S)c(C(=O)Cl)c1C(=O)Cl. The number of carbonyl (C=O) groups excluding carboxylic acids is 3. The van der Waals surface area contributed by atoms with Crippen molar-refractivity contribution in [1.82, 2.24) is 0 Å². The molecule has 80 valence electrons. The molecule has 15 heavy (non-hydrogen) atoms. The van der Waals surface area contributed by atoms with Crippen molar-refractivity contribution >= 4 is 74.5 Å². The summed E-state index contributed by atoms with van der Waals surface area (Å²) in [6.45, 7) is 0. The minimum absolute atomic E-state index is 0.128. The molecule has 0 fully saturated rings. The molecule has 0 aliphatic heterocycles. The first-order valence-corrected chi connectivity index (χ1v) is 5.71. The van der Waals surface area contributed by atoms with Crippen molar-refractivity contribution in [1.29, 1.82) is 0 Å². The number of rotatable bonds is 3. The van der Waals surface area contributed by atoms with Crippen LogP contribution in [0.25, 0.3) is 0 Å². The lowest BCUT2D eigenvalue weighted by Crippen LogP contribution is -2.02. The second-order valence-corrected chi connectivity index (χ2v) is 5.11. The van der Waals surface area contributed by atoms with Gasteiger partial charge in [0.15, 0.2) is 0 Å². The normalized spacial score (nSPS) is 10.1. The Kier molecular flexibility index (Phi) is 4.20. The molecule has 0 aromatic carbocycles. The van der Waals surface area contributed by atoms with Crippen LogP contribution in [0, 0.1) is 0 Å². The Bertz CT molecular complexity index is 466. The molecule has 0 amide bonds. The van der Waals surface area contributed by atoms with E-state index >= 15 is 0 Å². The number of halogens is 3. The van der Waals surface area contributed by atoms with Crippen LogP contribution in [0.2, 0.25) is 0 Å². The summed E-state index contributed by atoms with van der Waals surface area (Å²) in [5.41, 5.74) is -0.472. The van der Waals surface area contributed by atoms with Crippen LogP contribution >= 0.6 is 58.8 Å². The number of carbonyl (C=O) groups is 3. The second-order valence-electron chi connectivity index (χ2n) is 2.31. The third kappa shape index (κ3) is 2.54. The number of hydrogen-bond donors (Lipinski definition) is 1. The quantitative estimate of drug-likeness (QED) is 0.689. The molecule has 1 aromatic rings. The van der Waals surface area contributed by atoms with Crippen molar-refractivity contribution in [2.45, 2.75) is 4.21 Å². The zero-order valence-electron chi connectivity index (χ0n) is 6.71. The summed E-state index contributed by atoms with van der Waals surface area (Å²) in [6.07, 6.45) is 0. The largest absolute Gasteiger partial charge is 0.276 e. The van der Waals surface area contributed by atoms with Crippen LogP contribution in [0.3, 0.4) is 0 Å². The highest BCUT2D eigenvalue weighted by atomic mass is 35.5. The van der Waals surface area contributed by atoms with Gasteiger partial charge < -0.3 is 0 Å². The molecule has 3 nitrogen and oxygen atoms in total. The number of thiophene rings is 1. The zero-order chi connectivity index (χ0) is 11.7. The number of hydrogen-bond acceptors (Lipinski definition) is 5. The highest BCUT2D eigenvalue weighted by Gasteiger charge is 2.27. The van der Waals surface area contributed by atoms with E-state index in [0.717, 1.165) is 11.3 Å². The Morgan fingerprint density at radius 3 is 1.73 bits per heavy atom. The van der Waals surface area contributed by atoms with Gasteiger partial charge in [-0.3, -0.25) is 14.4 Å². The van der Waals surface area contributed by atoms with Crippen molar-refractivity contribution in [3.8, 4) is 0 Å². The van der Waals surface area contributed by atoms with Crippen LogP contribution in [-0.4, -0.2) is 15.7 Å². The molecule has 1 heterocycles. The van der Waals surface area contributed by atoms with Crippen molar-refractivity contribution in [2.24, 2.45) is 0 Å². The van der Waals surface area contributed by atoms with Crippen LogP contribution in [0.1, 0.15) is 30.4 Å². The van der Waals surface area contributed by atoms with Gasteiger partial charge in [-0.05, 0) is 34.8 Å². The van der Waals surface area contributed by atoms with E-state index in [2.05, 4.69) is 12.6 Å². The Hall–Kier alpha value is -0.0700. The minimum Gasteiger partial charge on any atom is -0.276 e. The standard InChI is InChI=1S/C7HCl3O3S2/c8-4(11)1-2(5(9)12)7(14)15-3(1)6(10)13/h14H. The molecule has 0 aliphatic carbocycles. The first-order chi connectivity index (χ1) is 6.86. The summed E-state index contributed by atoms with van der Waals surface area (Å²) >= 11 is 20.4. The van der Waals surface area contributed by atoms with Crippen molar-refractivity contribution in [2.75, 3.05) is 0 Å². The van der Waals surface area contributed by atoms with Crippen LogP contribution < -0.4 is 0 Å². The third-order valence-electron chi connectivity index (χ3n) is 1.46. The van der Waals surface area contributed by atoms with E-state index in [0.29, 0.717) is 0 Å². The van der Waals surface area contributed by atoms with E-state index in [1.165, 1.54) is 0 Å². The summed E-state index contributed by atoms with van der Waals surface area (Å²) in [7, 11) is 0. The molecule has 0 radical (unpaired) electrons. The molecular formula is C7HCl3O3S2. The monoisotopic (exact) mass is 302 g/mol. The fourth-order valence-corrected chi connectivity index (χ4v) is 3.05. The van der Waals surface area contributed by atoms with Crippen LogP contribution in [0.15, 0.2) is 4.21 Å². The molecule has 1 aromatic heterocycles. The average Bonchev–Trinajstić information content (AvgIpc) is 2.42. The van der Waals surface area contributed by atoms with Gasteiger partial charge in [0, 0.05) is 0 Å². The van der Waals surface area contributed by atoms with E-state index in [-0.39, 0.29) is 20.2 Å². The molecule has 1 rings (SSSR count). The molecule has 0 unspecified atom stereocenters. The first kappa shape index (κ1) is 13.0. The van der Waals surface area contributed by atoms with Gasteiger partial charge in [0.1, 0.15) is 4.88 Å². The van der Waals surface area contributed by atoms with Crippen molar-refractivity contribution in [3.05, 3.63) is 16.0 Å². The summed E-state index contributed by atoms with van der Waals surface area (Å²) in [4.78, 5) is 32.8. The minimum atomic E-state index is -0.973. The molecule has 0 saturated heterocycles. The smallest absolute Gasteiger partial charge is 0.263 e. The summed E-state index contributed by atoms with van der Waals surface area (Å²) < 4.78 is 0.128. The fourth-order valence-electron chi connectivity index (χ4n) is 0.927. The highest BCUT2D eigenvalue weighted by molar-refractivity contribution is 7.83. The maximum atomic E-state index is 11.0. The predicted molar refractivity (Wildman–Crippen MR) is 62.1 cm³/mol. The Labute approximate surface area is 109 Å². The molecule has 0 spiro atoms. The maximum Gasteiger partial charge on any atom is 0.263 e. The first-order valence-electron chi connectivity index (χ1n) is 3.31. The highest BCUT2D eigenvalue weighted by Crippen LogP contribution is 2.34. The Balaban J connectivity index is 3.59. The molecule has 0 bridgehead atoms. The van der Waals surface area contributed by atoms with Gasteiger partial charge in [0.2, 0.25) is 0 Å². The molecule has 8 heteroatoms. The Morgan fingerprint density at radius 2 is 1.40 bits per heavy atom. The van der Waals surface area contributed by atoms with Gasteiger partial charge in [0.25, 0.3) is 15.7 Å².